The van der Waals surface area contributed by atoms with E-state index in [4.69, 9.17) is 0 Å². The van der Waals surface area contributed by atoms with Gasteiger partial charge in [-0.05, 0) is 38.3 Å². The molecule has 1 aromatic rings. The number of urea groups is 1. The fourth-order valence-corrected chi connectivity index (χ4v) is 5.69. The van der Waals surface area contributed by atoms with Crippen LogP contribution in [0.3, 0.4) is 0 Å². The number of fused-ring (bicyclic) bond motifs is 1. The van der Waals surface area contributed by atoms with Crippen LogP contribution in [0.2, 0.25) is 0 Å². The number of hydrogen-bond acceptors (Lipinski definition) is 4. The SMILES string of the molecule is CCN1CC[C@@]2(CN(C(=O)N(C)C)CC23CCN(C(=O)c2ccccn2)CC3)C1=O. The van der Waals surface area contributed by atoms with Crippen molar-refractivity contribution in [3.05, 3.63) is 30.1 Å². The Morgan fingerprint density at radius 1 is 1.07 bits per heavy atom. The van der Waals surface area contributed by atoms with Crippen molar-refractivity contribution in [2.75, 3.05) is 53.4 Å². The van der Waals surface area contributed by atoms with E-state index < -0.39 is 5.41 Å². The summed E-state index contributed by atoms with van der Waals surface area (Å²) in [5.41, 5.74) is -0.358. The number of hydrogen-bond donors (Lipinski definition) is 0. The van der Waals surface area contributed by atoms with Gasteiger partial charge in [0.25, 0.3) is 5.91 Å². The zero-order valence-electron chi connectivity index (χ0n) is 18.1. The molecule has 8 heteroatoms. The summed E-state index contributed by atoms with van der Waals surface area (Å²) in [6.07, 6.45) is 3.87. The van der Waals surface area contributed by atoms with E-state index in [1.54, 1.807) is 37.3 Å². The number of likely N-dealkylation sites (tertiary alicyclic amines) is 3. The van der Waals surface area contributed by atoms with E-state index in [1.165, 1.54) is 0 Å². The van der Waals surface area contributed by atoms with E-state index in [1.807, 2.05) is 27.7 Å². The molecule has 1 atom stereocenters. The zero-order chi connectivity index (χ0) is 21.5. The quantitative estimate of drug-likeness (QED) is 0.737. The summed E-state index contributed by atoms with van der Waals surface area (Å²) in [5, 5.41) is 0. The topological polar surface area (TPSA) is 77.1 Å². The van der Waals surface area contributed by atoms with Crippen molar-refractivity contribution in [2.45, 2.75) is 26.2 Å². The highest BCUT2D eigenvalue weighted by molar-refractivity contribution is 5.92. The minimum absolute atomic E-state index is 0.0407. The molecule has 4 amide bonds. The molecule has 0 saturated carbocycles. The van der Waals surface area contributed by atoms with Gasteiger partial charge in [0.1, 0.15) is 5.69 Å². The highest BCUT2D eigenvalue weighted by Crippen LogP contribution is 2.58. The molecule has 3 fully saturated rings. The first-order valence-corrected chi connectivity index (χ1v) is 10.8. The van der Waals surface area contributed by atoms with Crippen LogP contribution in [-0.4, -0.2) is 95.8 Å². The average Bonchev–Trinajstić information content (AvgIpc) is 3.26. The van der Waals surface area contributed by atoms with E-state index in [9.17, 15) is 14.4 Å². The Hall–Kier alpha value is -2.64. The van der Waals surface area contributed by atoms with Crippen molar-refractivity contribution < 1.29 is 14.4 Å². The lowest BCUT2D eigenvalue weighted by molar-refractivity contribution is -0.141. The lowest BCUT2D eigenvalue weighted by atomic mass is 9.60. The maximum absolute atomic E-state index is 13.5. The Kier molecular flexibility index (Phi) is 5.20. The molecule has 30 heavy (non-hydrogen) atoms. The number of nitrogens with zero attached hydrogens (tertiary/aromatic N) is 5. The molecule has 0 unspecified atom stereocenters. The lowest BCUT2D eigenvalue weighted by Crippen LogP contribution is -2.53. The Balaban J connectivity index is 1.58. The fraction of sp³-hybridized carbons (Fsp3) is 0.636. The predicted molar refractivity (Wildman–Crippen MR) is 112 cm³/mol. The number of pyridine rings is 1. The molecule has 0 aliphatic carbocycles. The second kappa shape index (κ2) is 7.56. The summed E-state index contributed by atoms with van der Waals surface area (Å²) < 4.78 is 0. The highest BCUT2D eigenvalue weighted by atomic mass is 16.2. The molecule has 2 spiro atoms. The van der Waals surface area contributed by atoms with Gasteiger partial charge in [-0.3, -0.25) is 14.6 Å². The normalized spacial score (nSPS) is 25.4. The van der Waals surface area contributed by atoms with Crippen molar-refractivity contribution in [3.63, 3.8) is 0 Å². The molecule has 0 bridgehead atoms. The van der Waals surface area contributed by atoms with Crippen molar-refractivity contribution in [3.8, 4) is 0 Å². The van der Waals surface area contributed by atoms with Gasteiger partial charge in [-0.15, -0.1) is 0 Å². The van der Waals surface area contributed by atoms with Crippen LogP contribution in [0.5, 0.6) is 0 Å². The first kappa shape index (κ1) is 20.6. The molecule has 1 aromatic heterocycles. The minimum Gasteiger partial charge on any atom is -0.342 e. The van der Waals surface area contributed by atoms with Crippen LogP contribution in [0.15, 0.2) is 24.4 Å². The van der Waals surface area contributed by atoms with Crippen LogP contribution in [0, 0.1) is 10.8 Å². The van der Waals surface area contributed by atoms with Crippen LogP contribution >= 0.6 is 0 Å². The molecule has 0 N–H and O–H groups in total. The highest BCUT2D eigenvalue weighted by Gasteiger charge is 2.66. The van der Waals surface area contributed by atoms with Gasteiger partial charge in [0, 0.05) is 65.0 Å². The zero-order valence-corrected chi connectivity index (χ0v) is 18.1. The van der Waals surface area contributed by atoms with Gasteiger partial charge in [0.2, 0.25) is 5.91 Å². The molecule has 4 heterocycles. The molecular weight excluding hydrogens is 382 g/mol. The first-order valence-electron chi connectivity index (χ1n) is 10.8. The van der Waals surface area contributed by atoms with Gasteiger partial charge in [-0.2, -0.15) is 0 Å². The summed E-state index contributed by atoms with van der Waals surface area (Å²) in [4.78, 5) is 50.5. The third-order valence-corrected chi connectivity index (χ3v) is 7.40. The molecule has 3 saturated heterocycles. The maximum atomic E-state index is 13.5. The van der Waals surface area contributed by atoms with Crippen LogP contribution in [0.25, 0.3) is 0 Å². The largest absolute Gasteiger partial charge is 0.342 e. The number of amides is 4. The second-order valence-electron chi connectivity index (χ2n) is 9.04. The van der Waals surface area contributed by atoms with E-state index in [0.29, 0.717) is 38.4 Å². The predicted octanol–water partition coefficient (Wildman–Crippen LogP) is 1.54. The van der Waals surface area contributed by atoms with Gasteiger partial charge >= 0.3 is 6.03 Å². The smallest absolute Gasteiger partial charge is 0.319 e. The van der Waals surface area contributed by atoms with Gasteiger partial charge in [0.15, 0.2) is 0 Å². The summed E-state index contributed by atoms with van der Waals surface area (Å²) in [7, 11) is 3.51. The van der Waals surface area contributed by atoms with Gasteiger partial charge < -0.3 is 19.6 Å². The molecule has 4 rings (SSSR count). The Labute approximate surface area is 177 Å². The summed E-state index contributed by atoms with van der Waals surface area (Å²) in [5.74, 6) is 0.121. The van der Waals surface area contributed by atoms with Crippen LogP contribution in [0.1, 0.15) is 36.7 Å². The summed E-state index contributed by atoms with van der Waals surface area (Å²) >= 11 is 0. The molecular formula is C22H31N5O3. The molecule has 3 aliphatic rings. The van der Waals surface area contributed by atoms with Crippen LogP contribution in [0.4, 0.5) is 4.79 Å². The summed E-state index contributed by atoms with van der Waals surface area (Å²) in [6, 6.07) is 5.31. The monoisotopic (exact) mass is 413 g/mol. The number of carbonyl (C=O) groups is 3. The Morgan fingerprint density at radius 2 is 1.80 bits per heavy atom. The second-order valence-corrected chi connectivity index (χ2v) is 9.04. The lowest BCUT2D eigenvalue weighted by Gasteiger charge is -2.46. The van der Waals surface area contributed by atoms with Gasteiger partial charge in [-0.1, -0.05) is 6.07 Å². The molecule has 3 aliphatic heterocycles. The van der Waals surface area contributed by atoms with Crippen LogP contribution in [-0.2, 0) is 4.79 Å². The van der Waals surface area contributed by atoms with Gasteiger partial charge in [-0.25, -0.2) is 4.79 Å². The summed E-state index contributed by atoms with van der Waals surface area (Å²) in [6.45, 7) is 5.68. The number of rotatable bonds is 2. The van der Waals surface area contributed by atoms with Crippen molar-refractivity contribution >= 4 is 17.8 Å². The van der Waals surface area contributed by atoms with Crippen molar-refractivity contribution in [1.29, 1.82) is 0 Å². The third-order valence-electron chi connectivity index (χ3n) is 7.40. The molecule has 162 valence electrons. The maximum Gasteiger partial charge on any atom is 0.319 e. The molecule has 0 aromatic carbocycles. The number of piperidine rings is 1. The van der Waals surface area contributed by atoms with E-state index in [0.717, 1.165) is 25.8 Å². The first-order chi connectivity index (χ1) is 14.3. The standard InChI is InChI=1S/C22H31N5O3/c1-4-25-14-10-22(19(25)29)16-27(20(30)24(2)3)15-21(22)8-12-26(13-9-21)18(28)17-7-5-6-11-23-17/h5-7,11H,4,8-10,12-16H2,1-3H3/t22-/m1/s1. The van der Waals surface area contributed by atoms with Crippen molar-refractivity contribution in [2.24, 2.45) is 10.8 Å². The van der Waals surface area contributed by atoms with E-state index >= 15 is 0 Å². The molecule has 0 radical (unpaired) electrons. The third kappa shape index (κ3) is 3.04. The number of carbonyl (C=O) groups excluding carboxylic acids is 3. The number of aromatic nitrogens is 1. The minimum atomic E-state index is -0.533. The van der Waals surface area contributed by atoms with Crippen molar-refractivity contribution in [1.82, 2.24) is 24.6 Å². The average molecular weight is 414 g/mol. The Bertz CT molecular complexity index is 834. The fourth-order valence-electron chi connectivity index (χ4n) is 5.69. The van der Waals surface area contributed by atoms with Gasteiger partial charge in [0.05, 0.1) is 5.41 Å². The van der Waals surface area contributed by atoms with E-state index in [-0.39, 0.29) is 23.3 Å². The molecule has 8 nitrogen and oxygen atoms in total. The Morgan fingerprint density at radius 3 is 2.37 bits per heavy atom. The van der Waals surface area contributed by atoms with E-state index in [2.05, 4.69) is 4.98 Å². The van der Waals surface area contributed by atoms with Crippen LogP contribution < -0.4 is 0 Å².